The van der Waals surface area contributed by atoms with Crippen molar-refractivity contribution in [2.75, 3.05) is 11.3 Å². The van der Waals surface area contributed by atoms with Crippen molar-refractivity contribution >= 4 is 43.4 Å². The van der Waals surface area contributed by atoms with E-state index in [0.29, 0.717) is 22.4 Å². The largest absolute Gasteiger partial charge is 0.462 e. The molecule has 0 spiro atoms. The molecule has 7 heteroatoms. The molecule has 4 aromatic carbocycles. The van der Waals surface area contributed by atoms with Gasteiger partial charge in [0.2, 0.25) is 0 Å². The minimum Gasteiger partial charge on any atom is -0.462 e. The van der Waals surface area contributed by atoms with Gasteiger partial charge >= 0.3 is 5.97 Å². The van der Waals surface area contributed by atoms with E-state index in [0.717, 1.165) is 16.3 Å². The van der Waals surface area contributed by atoms with Gasteiger partial charge in [0.15, 0.2) is 0 Å². The average Bonchev–Trinajstić information content (AvgIpc) is 3.23. The summed E-state index contributed by atoms with van der Waals surface area (Å²) in [5, 5.41) is 2.25. The van der Waals surface area contributed by atoms with E-state index in [9.17, 15) is 13.2 Å². The molecular weight excluding hydrogens is 450 g/mol. The Kier molecular flexibility index (Phi) is 5.55. The highest BCUT2D eigenvalue weighted by atomic mass is 32.2. The molecule has 0 saturated carbocycles. The first-order chi connectivity index (χ1) is 16.5. The molecule has 0 aliphatic rings. The monoisotopic (exact) mass is 471 g/mol. The molecule has 0 atom stereocenters. The maximum absolute atomic E-state index is 13.1. The van der Waals surface area contributed by atoms with Crippen LogP contribution in [0.5, 0.6) is 0 Å². The Morgan fingerprint density at radius 3 is 2.38 bits per heavy atom. The van der Waals surface area contributed by atoms with E-state index < -0.39 is 16.0 Å². The summed E-state index contributed by atoms with van der Waals surface area (Å²) < 4.78 is 40.1. The Morgan fingerprint density at radius 1 is 0.882 bits per heavy atom. The van der Waals surface area contributed by atoms with Crippen LogP contribution >= 0.6 is 0 Å². The molecule has 0 aliphatic carbocycles. The molecule has 1 N–H and O–H groups in total. The summed E-state index contributed by atoms with van der Waals surface area (Å²) in [7, 11) is -3.86. The number of benzene rings is 4. The lowest BCUT2D eigenvalue weighted by Crippen LogP contribution is -2.13. The number of anilines is 1. The third-order valence-corrected chi connectivity index (χ3v) is 6.87. The van der Waals surface area contributed by atoms with Crippen LogP contribution in [0.4, 0.5) is 5.69 Å². The molecule has 5 rings (SSSR count). The Hall–Kier alpha value is -4.10. The van der Waals surface area contributed by atoms with Crippen LogP contribution in [0.3, 0.4) is 0 Å². The van der Waals surface area contributed by atoms with Crippen molar-refractivity contribution < 1.29 is 22.4 Å². The summed E-state index contributed by atoms with van der Waals surface area (Å²) >= 11 is 0. The minimum absolute atomic E-state index is 0.147. The maximum Gasteiger partial charge on any atom is 0.342 e. The molecule has 0 fully saturated rings. The van der Waals surface area contributed by atoms with Crippen molar-refractivity contribution in [3.8, 4) is 11.3 Å². The van der Waals surface area contributed by atoms with Gasteiger partial charge in [-0.05, 0) is 48.0 Å². The smallest absolute Gasteiger partial charge is 0.342 e. The van der Waals surface area contributed by atoms with E-state index in [1.54, 1.807) is 43.3 Å². The minimum atomic E-state index is -3.86. The Labute approximate surface area is 196 Å². The molecule has 170 valence electrons. The first kappa shape index (κ1) is 21.7. The van der Waals surface area contributed by atoms with E-state index in [-0.39, 0.29) is 17.1 Å². The molecule has 5 aromatic rings. The van der Waals surface area contributed by atoms with Gasteiger partial charge in [-0.15, -0.1) is 0 Å². The second kappa shape index (κ2) is 8.68. The SMILES string of the molecule is CCOC(=O)c1c(-c2ccccc2)oc2ccc(NS(=O)(=O)c3ccc4ccccc4c3)cc12. The third kappa shape index (κ3) is 4.02. The standard InChI is InChI=1S/C27H21NO5S/c1-2-32-27(29)25-23-17-21(13-15-24(23)33-26(25)19-9-4-3-5-10-19)28-34(30,31)22-14-12-18-8-6-7-11-20(18)16-22/h3-17,28H,2H2,1H3. The lowest BCUT2D eigenvalue weighted by Gasteiger charge is -2.09. The van der Waals surface area contributed by atoms with Gasteiger partial charge in [-0.2, -0.15) is 0 Å². The predicted molar refractivity (Wildman–Crippen MR) is 132 cm³/mol. The summed E-state index contributed by atoms with van der Waals surface area (Å²) in [6.07, 6.45) is 0. The van der Waals surface area contributed by atoms with Crippen LogP contribution < -0.4 is 4.72 Å². The highest BCUT2D eigenvalue weighted by molar-refractivity contribution is 7.92. The molecule has 0 saturated heterocycles. The molecule has 0 bridgehead atoms. The van der Waals surface area contributed by atoms with E-state index >= 15 is 0 Å². The Morgan fingerprint density at radius 2 is 1.62 bits per heavy atom. The summed E-state index contributed by atoms with van der Waals surface area (Å²) in [6.45, 7) is 1.93. The van der Waals surface area contributed by atoms with Crippen molar-refractivity contribution in [2.24, 2.45) is 0 Å². The van der Waals surface area contributed by atoms with Crippen LogP contribution in [-0.4, -0.2) is 21.0 Å². The van der Waals surface area contributed by atoms with E-state index in [2.05, 4.69) is 4.72 Å². The Bertz CT molecular complexity index is 1620. The van der Waals surface area contributed by atoms with Gasteiger partial charge in [0.05, 0.1) is 11.5 Å². The van der Waals surface area contributed by atoms with E-state index in [1.165, 1.54) is 0 Å². The van der Waals surface area contributed by atoms with Crippen LogP contribution in [0.25, 0.3) is 33.1 Å². The molecule has 1 aromatic heterocycles. The van der Waals surface area contributed by atoms with Crippen molar-refractivity contribution in [3.63, 3.8) is 0 Å². The molecule has 1 heterocycles. The molecule has 0 unspecified atom stereocenters. The molecule has 0 radical (unpaired) electrons. The number of fused-ring (bicyclic) bond motifs is 2. The number of esters is 1. The number of hydrogen-bond donors (Lipinski definition) is 1. The summed E-state index contributed by atoms with van der Waals surface area (Å²) in [6, 6.07) is 26.6. The lowest BCUT2D eigenvalue weighted by atomic mass is 10.1. The van der Waals surface area contributed by atoms with Crippen molar-refractivity contribution in [2.45, 2.75) is 11.8 Å². The van der Waals surface area contributed by atoms with Crippen molar-refractivity contribution in [3.05, 3.63) is 96.6 Å². The van der Waals surface area contributed by atoms with Gasteiger partial charge in [0.25, 0.3) is 10.0 Å². The zero-order chi connectivity index (χ0) is 23.7. The number of carbonyl (C=O) groups excluding carboxylic acids is 1. The number of sulfonamides is 1. The Balaban J connectivity index is 1.57. The summed E-state index contributed by atoms with van der Waals surface area (Å²) in [5.41, 5.74) is 1.75. The van der Waals surface area contributed by atoms with Crippen LogP contribution in [0.1, 0.15) is 17.3 Å². The topological polar surface area (TPSA) is 85.6 Å². The maximum atomic E-state index is 13.1. The van der Waals surface area contributed by atoms with Crippen LogP contribution in [0.2, 0.25) is 0 Å². The third-order valence-electron chi connectivity index (χ3n) is 5.49. The molecule has 34 heavy (non-hydrogen) atoms. The fourth-order valence-corrected chi connectivity index (χ4v) is 4.99. The van der Waals surface area contributed by atoms with Gasteiger partial charge in [-0.3, -0.25) is 4.72 Å². The summed E-state index contributed by atoms with van der Waals surface area (Å²) in [5.74, 6) is -0.154. The fourth-order valence-electron chi connectivity index (χ4n) is 3.91. The predicted octanol–water partition coefficient (Wildman–Crippen LogP) is 6.23. The zero-order valence-corrected chi connectivity index (χ0v) is 19.1. The first-order valence-corrected chi connectivity index (χ1v) is 12.3. The van der Waals surface area contributed by atoms with Gasteiger partial charge in [-0.1, -0.05) is 60.7 Å². The van der Waals surface area contributed by atoms with Crippen LogP contribution in [0, 0.1) is 0 Å². The molecule has 6 nitrogen and oxygen atoms in total. The summed E-state index contributed by atoms with van der Waals surface area (Å²) in [4.78, 5) is 13.0. The molecule has 0 amide bonds. The van der Waals surface area contributed by atoms with Crippen LogP contribution in [-0.2, 0) is 14.8 Å². The number of ether oxygens (including phenoxy) is 1. The number of furan rings is 1. The number of rotatable bonds is 6. The highest BCUT2D eigenvalue weighted by Gasteiger charge is 2.24. The molecular formula is C27H21NO5S. The fraction of sp³-hybridized carbons (Fsp3) is 0.0741. The average molecular weight is 472 g/mol. The second-order valence-electron chi connectivity index (χ2n) is 7.72. The van der Waals surface area contributed by atoms with E-state index in [1.807, 2.05) is 54.6 Å². The number of hydrogen-bond acceptors (Lipinski definition) is 5. The van der Waals surface area contributed by atoms with Crippen molar-refractivity contribution in [1.82, 2.24) is 0 Å². The number of nitrogens with one attached hydrogen (secondary N) is 1. The first-order valence-electron chi connectivity index (χ1n) is 10.8. The quantitative estimate of drug-likeness (QED) is 0.297. The zero-order valence-electron chi connectivity index (χ0n) is 18.3. The van der Waals surface area contributed by atoms with E-state index in [4.69, 9.17) is 9.15 Å². The normalized spacial score (nSPS) is 11.6. The molecule has 0 aliphatic heterocycles. The highest BCUT2D eigenvalue weighted by Crippen LogP contribution is 2.36. The van der Waals surface area contributed by atoms with Gasteiger partial charge in [0.1, 0.15) is 16.9 Å². The van der Waals surface area contributed by atoms with Gasteiger partial charge in [-0.25, -0.2) is 13.2 Å². The van der Waals surface area contributed by atoms with Gasteiger partial charge < -0.3 is 9.15 Å². The second-order valence-corrected chi connectivity index (χ2v) is 9.40. The van der Waals surface area contributed by atoms with Gasteiger partial charge in [0, 0.05) is 16.6 Å². The lowest BCUT2D eigenvalue weighted by molar-refractivity contribution is 0.0528. The van der Waals surface area contributed by atoms with Crippen LogP contribution in [0.15, 0.2) is 100 Å². The number of carbonyl (C=O) groups is 1. The van der Waals surface area contributed by atoms with Crippen molar-refractivity contribution in [1.29, 1.82) is 0 Å².